The molecule has 0 amide bonds. The van der Waals surface area contributed by atoms with Crippen LogP contribution >= 0.6 is 0 Å². The Morgan fingerprint density at radius 3 is 2.76 bits per heavy atom. The smallest absolute Gasteiger partial charge is 0.0414 e. The van der Waals surface area contributed by atoms with Crippen LogP contribution < -0.4 is 10.6 Å². The van der Waals surface area contributed by atoms with Gasteiger partial charge in [0, 0.05) is 24.8 Å². The largest absolute Gasteiger partial charge is 0.368 e. The number of hydrogen-bond acceptors (Lipinski definition) is 2. The molecule has 2 unspecified atom stereocenters. The lowest BCUT2D eigenvalue weighted by atomic mass is 9.93. The van der Waals surface area contributed by atoms with Crippen LogP contribution in [0.2, 0.25) is 0 Å². The molecule has 1 aromatic rings. The topological polar surface area (TPSA) is 29.3 Å². The summed E-state index contributed by atoms with van der Waals surface area (Å²) in [6.07, 6.45) is 2.64. The van der Waals surface area contributed by atoms with Crippen LogP contribution in [0, 0.1) is 12.8 Å². The summed E-state index contributed by atoms with van der Waals surface area (Å²) < 4.78 is 0. The molecule has 2 nitrogen and oxygen atoms in total. The Kier molecular flexibility index (Phi) is 3.72. The van der Waals surface area contributed by atoms with E-state index in [0.29, 0.717) is 12.6 Å². The number of nitrogens with two attached hydrogens (primary N) is 1. The molecule has 2 heteroatoms. The lowest BCUT2D eigenvalue weighted by Crippen LogP contribution is -2.41. The monoisotopic (exact) mass is 232 g/mol. The van der Waals surface area contributed by atoms with Gasteiger partial charge in [-0.15, -0.1) is 0 Å². The van der Waals surface area contributed by atoms with Crippen LogP contribution in [0.1, 0.15) is 37.8 Å². The number of anilines is 1. The van der Waals surface area contributed by atoms with Crippen LogP contribution in [0.5, 0.6) is 0 Å². The molecule has 2 atom stereocenters. The summed E-state index contributed by atoms with van der Waals surface area (Å²) in [4.78, 5) is 2.54. The number of benzene rings is 1. The van der Waals surface area contributed by atoms with Gasteiger partial charge in [-0.05, 0) is 44.2 Å². The third-order valence-electron chi connectivity index (χ3n) is 3.88. The van der Waals surface area contributed by atoms with Crippen LogP contribution in [-0.4, -0.2) is 12.6 Å². The third-order valence-corrected chi connectivity index (χ3v) is 3.88. The van der Waals surface area contributed by atoms with E-state index in [1.807, 2.05) is 0 Å². The van der Waals surface area contributed by atoms with Crippen molar-refractivity contribution < 1.29 is 0 Å². The van der Waals surface area contributed by atoms with Gasteiger partial charge in [0.25, 0.3) is 0 Å². The predicted molar refractivity (Wildman–Crippen MR) is 74.3 cm³/mol. The summed E-state index contributed by atoms with van der Waals surface area (Å²) >= 11 is 0. The first kappa shape index (κ1) is 12.4. The van der Waals surface area contributed by atoms with Crippen molar-refractivity contribution in [1.82, 2.24) is 0 Å². The van der Waals surface area contributed by atoms with Crippen LogP contribution in [0.25, 0.3) is 0 Å². The number of nitrogens with zero attached hydrogens (tertiary/aromatic N) is 1. The molecule has 1 heterocycles. The van der Waals surface area contributed by atoms with Crippen LogP contribution in [0.3, 0.4) is 0 Å². The molecule has 0 aromatic heterocycles. The van der Waals surface area contributed by atoms with Crippen LogP contribution in [0.4, 0.5) is 5.69 Å². The number of rotatable bonds is 2. The molecule has 1 aliphatic rings. The maximum absolute atomic E-state index is 5.88. The van der Waals surface area contributed by atoms with E-state index in [0.717, 1.165) is 12.5 Å². The SMILES string of the molecule is Cc1ccc(N2CC(C)CCC2C)c(CN)c1. The van der Waals surface area contributed by atoms with E-state index in [1.165, 1.54) is 29.7 Å². The molecule has 94 valence electrons. The number of hydrogen-bond donors (Lipinski definition) is 1. The summed E-state index contributed by atoms with van der Waals surface area (Å²) in [6, 6.07) is 7.30. The Hall–Kier alpha value is -1.02. The summed E-state index contributed by atoms with van der Waals surface area (Å²) in [7, 11) is 0. The normalized spacial score (nSPS) is 25.1. The second-order valence-corrected chi connectivity index (χ2v) is 5.52. The van der Waals surface area contributed by atoms with E-state index >= 15 is 0 Å². The Bertz CT molecular complexity index is 387. The predicted octanol–water partition coefficient (Wildman–Crippen LogP) is 3.08. The van der Waals surface area contributed by atoms with Gasteiger partial charge in [-0.3, -0.25) is 0 Å². The average molecular weight is 232 g/mol. The molecule has 2 N–H and O–H groups in total. The minimum absolute atomic E-state index is 0.634. The first-order valence-corrected chi connectivity index (χ1v) is 6.68. The van der Waals surface area contributed by atoms with Gasteiger partial charge in [-0.2, -0.15) is 0 Å². The van der Waals surface area contributed by atoms with E-state index in [-0.39, 0.29) is 0 Å². The second kappa shape index (κ2) is 5.09. The highest BCUT2D eigenvalue weighted by Crippen LogP contribution is 2.30. The first-order chi connectivity index (χ1) is 8.11. The summed E-state index contributed by atoms with van der Waals surface area (Å²) in [5, 5.41) is 0. The zero-order chi connectivity index (χ0) is 12.4. The van der Waals surface area contributed by atoms with Gasteiger partial charge < -0.3 is 10.6 Å². The number of aryl methyl sites for hydroxylation is 1. The highest BCUT2D eigenvalue weighted by atomic mass is 15.2. The zero-order valence-electron chi connectivity index (χ0n) is 11.2. The van der Waals surface area contributed by atoms with Gasteiger partial charge >= 0.3 is 0 Å². The van der Waals surface area contributed by atoms with Crippen molar-refractivity contribution in [2.45, 2.75) is 46.2 Å². The lowest BCUT2D eigenvalue weighted by Gasteiger charge is -2.39. The fourth-order valence-electron chi connectivity index (χ4n) is 2.78. The first-order valence-electron chi connectivity index (χ1n) is 6.68. The van der Waals surface area contributed by atoms with Crippen molar-refractivity contribution in [3.8, 4) is 0 Å². The van der Waals surface area contributed by atoms with Crippen molar-refractivity contribution in [1.29, 1.82) is 0 Å². The molecule has 0 radical (unpaired) electrons. The van der Waals surface area contributed by atoms with Gasteiger partial charge in [-0.1, -0.05) is 24.6 Å². The lowest BCUT2D eigenvalue weighted by molar-refractivity contribution is 0.390. The van der Waals surface area contributed by atoms with E-state index < -0.39 is 0 Å². The Morgan fingerprint density at radius 2 is 2.06 bits per heavy atom. The van der Waals surface area contributed by atoms with Crippen molar-refractivity contribution in [2.75, 3.05) is 11.4 Å². The van der Waals surface area contributed by atoms with Crippen LogP contribution in [0.15, 0.2) is 18.2 Å². The zero-order valence-corrected chi connectivity index (χ0v) is 11.2. The Balaban J connectivity index is 2.31. The van der Waals surface area contributed by atoms with Crippen molar-refractivity contribution >= 4 is 5.69 Å². The van der Waals surface area contributed by atoms with Crippen molar-refractivity contribution in [3.63, 3.8) is 0 Å². The Labute approximate surface area is 105 Å². The fraction of sp³-hybridized carbons (Fsp3) is 0.600. The van der Waals surface area contributed by atoms with Gasteiger partial charge in [0.15, 0.2) is 0 Å². The van der Waals surface area contributed by atoms with E-state index in [2.05, 4.69) is 43.9 Å². The summed E-state index contributed by atoms with van der Waals surface area (Å²) in [5.41, 5.74) is 9.81. The molecular weight excluding hydrogens is 208 g/mol. The quantitative estimate of drug-likeness (QED) is 0.849. The van der Waals surface area contributed by atoms with Gasteiger partial charge in [0.1, 0.15) is 0 Å². The van der Waals surface area contributed by atoms with Crippen molar-refractivity contribution in [3.05, 3.63) is 29.3 Å². The van der Waals surface area contributed by atoms with Gasteiger partial charge in [0.2, 0.25) is 0 Å². The molecule has 1 aromatic carbocycles. The molecule has 0 saturated carbocycles. The molecule has 0 aliphatic carbocycles. The van der Waals surface area contributed by atoms with E-state index in [4.69, 9.17) is 5.73 Å². The molecule has 1 aliphatic heterocycles. The average Bonchev–Trinajstić information content (AvgIpc) is 2.32. The fourth-order valence-corrected chi connectivity index (χ4v) is 2.78. The second-order valence-electron chi connectivity index (χ2n) is 5.52. The minimum atomic E-state index is 0.634. The molecule has 2 rings (SSSR count). The highest BCUT2D eigenvalue weighted by molar-refractivity contribution is 5.56. The maximum Gasteiger partial charge on any atom is 0.0414 e. The van der Waals surface area contributed by atoms with E-state index in [1.54, 1.807) is 0 Å². The number of piperidine rings is 1. The van der Waals surface area contributed by atoms with Crippen LogP contribution in [-0.2, 0) is 6.54 Å². The van der Waals surface area contributed by atoms with Gasteiger partial charge in [0.05, 0.1) is 0 Å². The van der Waals surface area contributed by atoms with E-state index in [9.17, 15) is 0 Å². The van der Waals surface area contributed by atoms with Gasteiger partial charge in [-0.25, -0.2) is 0 Å². The minimum Gasteiger partial charge on any atom is -0.368 e. The van der Waals surface area contributed by atoms with Crippen molar-refractivity contribution in [2.24, 2.45) is 11.7 Å². The standard InChI is InChI=1S/C15H24N2/c1-11-5-7-15(14(8-11)9-16)17-10-12(2)4-6-13(17)3/h5,7-8,12-13H,4,6,9-10,16H2,1-3H3. The molecule has 0 bridgehead atoms. The molecule has 0 spiro atoms. The highest BCUT2D eigenvalue weighted by Gasteiger charge is 2.24. The molecule has 1 saturated heterocycles. The molecule has 17 heavy (non-hydrogen) atoms. The molecule has 1 fully saturated rings. The summed E-state index contributed by atoms with van der Waals surface area (Å²) in [6.45, 7) is 8.60. The Morgan fingerprint density at radius 1 is 1.29 bits per heavy atom. The maximum atomic E-state index is 5.88. The third kappa shape index (κ3) is 2.63. The summed E-state index contributed by atoms with van der Waals surface area (Å²) in [5.74, 6) is 0.790. The molecular formula is C15H24N2.